The van der Waals surface area contributed by atoms with Gasteiger partial charge in [0.2, 0.25) is 5.91 Å². The van der Waals surface area contributed by atoms with Crippen molar-refractivity contribution in [3.05, 3.63) is 58.6 Å². The van der Waals surface area contributed by atoms with E-state index in [1.54, 1.807) is 6.07 Å². The molecule has 0 saturated carbocycles. The summed E-state index contributed by atoms with van der Waals surface area (Å²) >= 11 is 6.02. The predicted octanol–water partition coefficient (Wildman–Crippen LogP) is 4.29. The SMILES string of the molecule is Cc1ccc(CCC(=O)Nc2cc(Cl)ccc2N(C)C)cc1. The lowest BCUT2D eigenvalue weighted by molar-refractivity contribution is -0.116. The van der Waals surface area contributed by atoms with Gasteiger partial charge < -0.3 is 10.2 Å². The third-order valence-corrected chi connectivity index (χ3v) is 3.71. The maximum atomic E-state index is 12.2. The molecule has 0 saturated heterocycles. The van der Waals surface area contributed by atoms with Crippen molar-refractivity contribution in [2.45, 2.75) is 19.8 Å². The summed E-state index contributed by atoms with van der Waals surface area (Å²) in [5.41, 5.74) is 4.07. The highest BCUT2D eigenvalue weighted by Gasteiger charge is 2.09. The molecule has 0 fully saturated rings. The van der Waals surface area contributed by atoms with Crippen LogP contribution in [0, 0.1) is 6.92 Å². The lowest BCUT2D eigenvalue weighted by Gasteiger charge is -2.18. The molecule has 3 nitrogen and oxygen atoms in total. The molecule has 1 amide bonds. The zero-order valence-corrected chi connectivity index (χ0v) is 13.9. The third-order valence-electron chi connectivity index (χ3n) is 3.48. The Labute approximate surface area is 136 Å². The fourth-order valence-corrected chi connectivity index (χ4v) is 2.40. The fraction of sp³-hybridized carbons (Fsp3) is 0.278. The average Bonchev–Trinajstić information content (AvgIpc) is 2.46. The van der Waals surface area contributed by atoms with Gasteiger partial charge in [0.05, 0.1) is 11.4 Å². The van der Waals surface area contributed by atoms with Crippen LogP contribution in [0.15, 0.2) is 42.5 Å². The molecule has 0 radical (unpaired) electrons. The Kier molecular flexibility index (Phi) is 5.45. The first kappa shape index (κ1) is 16.4. The minimum absolute atomic E-state index is 0.00839. The van der Waals surface area contributed by atoms with Crippen LogP contribution in [0.1, 0.15) is 17.5 Å². The van der Waals surface area contributed by atoms with E-state index in [9.17, 15) is 4.79 Å². The van der Waals surface area contributed by atoms with Crippen LogP contribution >= 0.6 is 11.6 Å². The highest BCUT2D eigenvalue weighted by Crippen LogP contribution is 2.28. The number of carbonyl (C=O) groups is 1. The Bertz CT molecular complexity index is 651. The standard InChI is InChI=1S/C18H21ClN2O/c1-13-4-6-14(7-5-13)8-11-18(22)20-16-12-15(19)9-10-17(16)21(2)3/h4-7,9-10,12H,8,11H2,1-3H3,(H,20,22). The summed E-state index contributed by atoms with van der Waals surface area (Å²) < 4.78 is 0. The van der Waals surface area contributed by atoms with Gasteiger partial charge in [0.15, 0.2) is 0 Å². The van der Waals surface area contributed by atoms with Crippen molar-refractivity contribution >= 4 is 28.9 Å². The molecule has 0 spiro atoms. The summed E-state index contributed by atoms with van der Waals surface area (Å²) in [6.07, 6.45) is 1.17. The van der Waals surface area contributed by atoms with Crippen LogP contribution in [0.4, 0.5) is 11.4 Å². The number of rotatable bonds is 5. The van der Waals surface area contributed by atoms with E-state index in [-0.39, 0.29) is 5.91 Å². The van der Waals surface area contributed by atoms with Gasteiger partial charge in [-0.25, -0.2) is 0 Å². The third kappa shape index (κ3) is 4.50. The Balaban J connectivity index is 2.00. The first-order valence-electron chi connectivity index (χ1n) is 7.28. The van der Waals surface area contributed by atoms with E-state index in [1.807, 2.05) is 31.1 Å². The van der Waals surface area contributed by atoms with Gasteiger partial charge in [-0.1, -0.05) is 41.4 Å². The molecule has 0 atom stereocenters. The summed E-state index contributed by atoms with van der Waals surface area (Å²) in [4.78, 5) is 14.1. The average molecular weight is 317 g/mol. The minimum atomic E-state index is -0.00839. The van der Waals surface area contributed by atoms with Crippen LogP contribution in [-0.4, -0.2) is 20.0 Å². The lowest BCUT2D eigenvalue weighted by atomic mass is 10.1. The number of nitrogens with zero attached hydrogens (tertiary/aromatic N) is 1. The summed E-state index contributed by atoms with van der Waals surface area (Å²) in [7, 11) is 3.87. The van der Waals surface area contributed by atoms with Gasteiger partial charge in [-0.05, 0) is 37.1 Å². The van der Waals surface area contributed by atoms with Gasteiger partial charge in [0, 0.05) is 25.5 Å². The summed E-state index contributed by atoms with van der Waals surface area (Å²) in [6.45, 7) is 2.05. The maximum Gasteiger partial charge on any atom is 0.224 e. The van der Waals surface area contributed by atoms with Gasteiger partial charge in [0.25, 0.3) is 0 Å². The first-order chi connectivity index (χ1) is 10.5. The molecule has 2 rings (SSSR count). The van der Waals surface area contributed by atoms with Gasteiger partial charge in [-0.2, -0.15) is 0 Å². The molecule has 2 aromatic carbocycles. The number of hydrogen-bond acceptors (Lipinski definition) is 2. The number of benzene rings is 2. The van der Waals surface area contributed by atoms with Gasteiger partial charge in [-0.3, -0.25) is 4.79 Å². The van der Waals surface area contributed by atoms with E-state index in [2.05, 4.69) is 36.5 Å². The van der Waals surface area contributed by atoms with E-state index in [0.717, 1.165) is 17.8 Å². The smallest absolute Gasteiger partial charge is 0.224 e. The zero-order valence-electron chi connectivity index (χ0n) is 13.2. The van der Waals surface area contributed by atoms with Crippen molar-refractivity contribution in [3.63, 3.8) is 0 Å². The largest absolute Gasteiger partial charge is 0.376 e. The molecular formula is C18H21ClN2O. The monoisotopic (exact) mass is 316 g/mol. The van der Waals surface area contributed by atoms with E-state index in [4.69, 9.17) is 11.6 Å². The van der Waals surface area contributed by atoms with Crippen LogP contribution in [0.25, 0.3) is 0 Å². The Morgan fingerprint density at radius 1 is 1.14 bits per heavy atom. The van der Waals surface area contributed by atoms with E-state index in [1.165, 1.54) is 11.1 Å². The molecule has 2 aromatic rings. The lowest BCUT2D eigenvalue weighted by Crippen LogP contribution is -2.17. The predicted molar refractivity (Wildman–Crippen MR) is 93.9 cm³/mol. The molecule has 4 heteroatoms. The summed E-state index contributed by atoms with van der Waals surface area (Å²) in [5, 5.41) is 3.56. The second-order valence-corrected chi connectivity index (χ2v) is 6.03. The van der Waals surface area contributed by atoms with Crippen LogP contribution in [0.3, 0.4) is 0 Å². The van der Waals surface area contributed by atoms with Crippen LogP contribution in [0.2, 0.25) is 5.02 Å². The molecule has 0 aliphatic rings. The van der Waals surface area contributed by atoms with Crippen LogP contribution < -0.4 is 10.2 Å². The highest BCUT2D eigenvalue weighted by atomic mass is 35.5. The van der Waals surface area contributed by atoms with Crippen molar-refractivity contribution in [3.8, 4) is 0 Å². The van der Waals surface area contributed by atoms with Crippen molar-refractivity contribution in [2.75, 3.05) is 24.3 Å². The second-order valence-electron chi connectivity index (χ2n) is 5.59. The van der Waals surface area contributed by atoms with E-state index < -0.39 is 0 Å². The van der Waals surface area contributed by atoms with Crippen molar-refractivity contribution < 1.29 is 4.79 Å². The fourth-order valence-electron chi connectivity index (χ4n) is 2.22. The Hall–Kier alpha value is -2.00. The normalized spacial score (nSPS) is 10.4. The molecule has 1 N–H and O–H groups in total. The molecular weight excluding hydrogens is 296 g/mol. The number of amides is 1. The molecule has 0 aromatic heterocycles. The highest BCUT2D eigenvalue weighted by molar-refractivity contribution is 6.31. The molecule has 0 unspecified atom stereocenters. The Morgan fingerprint density at radius 3 is 2.45 bits per heavy atom. The topological polar surface area (TPSA) is 32.3 Å². The number of carbonyl (C=O) groups excluding carboxylic acids is 1. The van der Waals surface area contributed by atoms with Gasteiger partial charge >= 0.3 is 0 Å². The van der Waals surface area contributed by atoms with E-state index >= 15 is 0 Å². The molecule has 0 bridgehead atoms. The van der Waals surface area contributed by atoms with Gasteiger partial charge in [0.1, 0.15) is 0 Å². The summed E-state index contributed by atoms with van der Waals surface area (Å²) in [6, 6.07) is 13.8. The first-order valence-corrected chi connectivity index (χ1v) is 7.66. The molecule has 0 aliphatic carbocycles. The van der Waals surface area contributed by atoms with E-state index in [0.29, 0.717) is 11.4 Å². The van der Waals surface area contributed by atoms with Crippen molar-refractivity contribution in [1.82, 2.24) is 0 Å². The molecule has 0 aliphatic heterocycles. The minimum Gasteiger partial charge on any atom is -0.376 e. The van der Waals surface area contributed by atoms with Crippen LogP contribution in [0.5, 0.6) is 0 Å². The number of hydrogen-bond donors (Lipinski definition) is 1. The number of aryl methyl sites for hydroxylation is 2. The number of nitrogens with one attached hydrogen (secondary N) is 1. The second kappa shape index (κ2) is 7.32. The van der Waals surface area contributed by atoms with Crippen LogP contribution in [-0.2, 0) is 11.2 Å². The Morgan fingerprint density at radius 2 is 1.82 bits per heavy atom. The molecule has 22 heavy (non-hydrogen) atoms. The zero-order chi connectivity index (χ0) is 16.1. The quantitative estimate of drug-likeness (QED) is 0.892. The maximum absolute atomic E-state index is 12.2. The van der Waals surface area contributed by atoms with Crippen molar-refractivity contribution in [1.29, 1.82) is 0 Å². The van der Waals surface area contributed by atoms with Gasteiger partial charge in [-0.15, -0.1) is 0 Å². The van der Waals surface area contributed by atoms with Crippen molar-refractivity contribution in [2.24, 2.45) is 0 Å². The summed E-state index contributed by atoms with van der Waals surface area (Å²) in [5.74, 6) is -0.00839. The molecule has 0 heterocycles. The number of halogens is 1. The number of anilines is 2. The molecule has 116 valence electrons.